The highest BCUT2D eigenvalue weighted by Crippen LogP contribution is 2.19. The summed E-state index contributed by atoms with van der Waals surface area (Å²) >= 11 is 0. The van der Waals surface area contributed by atoms with E-state index in [-0.39, 0.29) is 31.1 Å². The van der Waals surface area contributed by atoms with Gasteiger partial charge in [0.1, 0.15) is 13.2 Å². The molecule has 0 rings (SSSR count). The molecule has 6 nitrogen and oxygen atoms in total. The number of unbranched alkanes of at least 4 members (excludes halogenated alkanes) is 39. The van der Waals surface area contributed by atoms with Crippen molar-refractivity contribution in [2.75, 3.05) is 13.2 Å². The number of carbonyl (C=O) groups is 3. The Balaban J connectivity index is 4.25. The Labute approximate surface area is 418 Å². The fourth-order valence-electron chi connectivity index (χ4n) is 9.37. The van der Waals surface area contributed by atoms with Gasteiger partial charge in [-0.2, -0.15) is 0 Å². The average molecular weight is 948 g/mol. The van der Waals surface area contributed by atoms with Gasteiger partial charge in [0.05, 0.1) is 0 Å². The average Bonchev–Trinajstić information content (AvgIpc) is 3.31. The van der Waals surface area contributed by atoms with E-state index in [0.717, 1.165) is 69.6 Å². The maximum atomic E-state index is 12.9. The first-order valence-electron chi connectivity index (χ1n) is 30.3. The lowest BCUT2D eigenvalue weighted by Gasteiger charge is -2.18. The molecule has 0 aliphatic heterocycles. The highest BCUT2D eigenvalue weighted by atomic mass is 16.6. The summed E-state index contributed by atoms with van der Waals surface area (Å²) in [4.78, 5) is 38.2. The molecule has 0 aliphatic carbocycles. The van der Waals surface area contributed by atoms with Gasteiger partial charge in [0.25, 0.3) is 0 Å². The smallest absolute Gasteiger partial charge is 0.306 e. The Morgan fingerprint density at radius 1 is 0.313 bits per heavy atom. The van der Waals surface area contributed by atoms with Crippen molar-refractivity contribution in [1.82, 2.24) is 0 Å². The van der Waals surface area contributed by atoms with E-state index >= 15 is 0 Å². The molecule has 6 heteroatoms. The Morgan fingerprint density at radius 3 is 0.851 bits per heavy atom. The van der Waals surface area contributed by atoms with Crippen LogP contribution < -0.4 is 0 Å². The molecule has 67 heavy (non-hydrogen) atoms. The van der Waals surface area contributed by atoms with Crippen molar-refractivity contribution in [1.29, 1.82) is 0 Å². The molecule has 0 radical (unpaired) electrons. The predicted octanol–water partition coefficient (Wildman–Crippen LogP) is 20.0. The standard InChI is InChI=1S/C61H118O6/c1-6-8-9-10-11-12-13-20-26-31-36-41-46-51-59(62)65-54-58(55-66-60(63)52-47-42-37-32-28-23-24-29-34-39-44-49-56(3)4)67-61(64)53-48-43-38-33-27-22-19-17-15-14-16-18-21-25-30-35-40-45-50-57(5)7-2/h56-58H,6-55H2,1-5H3/t57?,58-/m0/s1. The quantitative estimate of drug-likeness (QED) is 0.0343. The molecule has 0 amide bonds. The zero-order chi connectivity index (χ0) is 48.9. The van der Waals surface area contributed by atoms with Gasteiger partial charge < -0.3 is 14.2 Å². The van der Waals surface area contributed by atoms with Gasteiger partial charge >= 0.3 is 17.9 Å². The second-order valence-electron chi connectivity index (χ2n) is 21.7. The SMILES string of the molecule is CCCCCCCCCCCCCCCC(=O)OC[C@@H](COC(=O)CCCCCCCCCCCCCC(C)C)OC(=O)CCCCCCCCCCCCCCCCCCCCC(C)CC. The van der Waals surface area contributed by atoms with Crippen molar-refractivity contribution < 1.29 is 28.6 Å². The molecule has 2 atom stereocenters. The minimum atomic E-state index is -0.763. The van der Waals surface area contributed by atoms with Crippen molar-refractivity contribution >= 4 is 17.9 Å². The van der Waals surface area contributed by atoms with Gasteiger partial charge in [-0.05, 0) is 31.1 Å². The summed E-state index contributed by atoms with van der Waals surface area (Å²) in [6, 6.07) is 0. The predicted molar refractivity (Wildman–Crippen MR) is 289 cm³/mol. The summed E-state index contributed by atoms with van der Waals surface area (Å²) in [5, 5.41) is 0. The number of ether oxygens (including phenoxy) is 3. The molecule has 0 N–H and O–H groups in total. The Morgan fingerprint density at radius 2 is 0.567 bits per heavy atom. The van der Waals surface area contributed by atoms with E-state index in [2.05, 4.69) is 34.6 Å². The van der Waals surface area contributed by atoms with Gasteiger partial charge in [0, 0.05) is 19.3 Å². The molecular weight excluding hydrogens is 829 g/mol. The topological polar surface area (TPSA) is 78.9 Å². The molecule has 0 saturated carbocycles. The van der Waals surface area contributed by atoms with E-state index in [4.69, 9.17) is 14.2 Å². The molecule has 0 bridgehead atoms. The first-order valence-corrected chi connectivity index (χ1v) is 30.3. The van der Waals surface area contributed by atoms with Crippen LogP contribution in [0.3, 0.4) is 0 Å². The van der Waals surface area contributed by atoms with Crippen LogP contribution in [0.25, 0.3) is 0 Å². The Kier molecular flexibility index (Phi) is 52.5. The minimum Gasteiger partial charge on any atom is -0.462 e. The van der Waals surface area contributed by atoms with Crippen molar-refractivity contribution in [3.8, 4) is 0 Å². The van der Waals surface area contributed by atoms with Crippen molar-refractivity contribution in [2.45, 2.75) is 349 Å². The van der Waals surface area contributed by atoms with Gasteiger partial charge in [0.2, 0.25) is 0 Å². The summed E-state index contributed by atoms with van der Waals surface area (Å²) in [6.45, 7) is 11.5. The van der Waals surface area contributed by atoms with Crippen LogP contribution in [0, 0.1) is 11.8 Å². The summed E-state index contributed by atoms with van der Waals surface area (Å²) in [6.07, 6.45) is 58.1. The zero-order valence-corrected chi connectivity index (χ0v) is 46.0. The molecule has 0 heterocycles. The third-order valence-electron chi connectivity index (χ3n) is 14.3. The monoisotopic (exact) mass is 947 g/mol. The highest BCUT2D eigenvalue weighted by molar-refractivity contribution is 5.71. The molecule has 1 unspecified atom stereocenters. The van der Waals surface area contributed by atoms with Crippen LogP contribution in [0.5, 0.6) is 0 Å². The van der Waals surface area contributed by atoms with Crippen LogP contribution >= 0.6 is 0 Å². The number of hydrogen-bond acceptors (Lipinski definition) is 6. The normalized spacial score (nSPS) is 12.4. The van der Waals surface area contributed by atoms with Crippen LogP contribution in [0.4, 0.5) is 0 Å². The third-order valence-corrected chi connectivity index (χ3v) is 14.3. The van der Waals surface area contributed by atoms with E-state index < -0.39 is 6.10 Å². The second kappa shape index (κ2) is 53.8. The molecule has 0 saturated heterocycles. The van der Waals surface area contributed by atoms with Gasteiger partial charge in [-0.1, -0.05) is 304 Å². The van der Waals surface area contributed by atoms with E-state index in [1.807, 2.05) is 0 Å². The Bertz CT molecular complexity index is 1030. The van der Waals surface area contributed by atoms with E-state index in [9.17, 15) is 14.4 Å². The van der Waals surface area contributed by atoms with Crippen LogP contribution in [0.15, 0.2) is 0 Å². The first-order chi connectivity index (χ1) is 32.8. The first kappa shape index (κ1) is 65.4. The number of hydrogen-bond donors (Lipinski definition) is 0. The fraction of sp³-hybridized carbons (Fsp3) is 0.951. The largest absolute Gasteiger partial charge is 0.462 e. The van der Waals surface area contributed by atoms with Crippen molar-refractivity contribution in [2.24, 2.45) is 11.8 Å². The van der Waals surface area contributed by atoms with Crippen LogP contribution in [-0.4, -0.2) is 37.2 Å². The lowest BCUT2D eigenvalue weighted by atomic mass is 9.99. The Hall–Kier alpha value is -1.59. The molecule has 0 fully saturated rings. The maximum absolute atomic E-state index is 12.9. The number of rotatable bonds is 55. The summed E-state index contributed by atoms with van der Waals surface area (Å²) < 4.78 is 16.9. The summed E-state index contributed by atoms with van der Waals surface area (Å²) in [5.41, 5.74) is 0. The van der Waals surface area contributed by atoms with E-state index in [1.54, 1.807) is 0 Å². The fourth-order valence-corrected chi connectivity index (χ4v) is 9.37. The molecule has 0 aromatic carbocycles. The molecule has 0 aromatic heterocycles. The summed E-state index contributed by atoms with van der Waals surface area (Å²) in [7, 11) is 0. The van der Waals surface area contributed by atoms with E-state index in [0.29, 0.717) is 19.3 Å². The van der Waals surface area contributed by atoms with Crippen LogP contribution in [0.2, 0.25) is 0 Å². The van der Waals surface area contributed by atoms with Crippen molar-refractivity contribution in [3.05, 3.63) is 0 Å². The lowest BCUT2D eigenvalue weighted by Crippen LogP contribution is -2.30. The summed E-state index contributed by atoms with van der Waals surface area (Å²) in [5.74, 6) is 0.899. The van der Waals surface area contributed by atoms with Gasteiger partial charge in [0.15, 0.2) is 6.10 Å². The third kappa shape index (κ3) is 53.6. The lowest BCUT2D eigenvalue weighted by molar-refractivity contribution is -0.167. The molecule has 0 aliphatic rings. The van der Waals surface area contributed by atoms with Gasteiger partial charge in [-0.15, -0.1) is 0 Å². The van der Waals surface area contributed by atoms with Gasteiger partial charge in [-0.25, -0.2) is 0 Å². The zero-order valence-electron chi connectivity index (χ0n) is 46.0. The highest BCUT2D eigenvalue weighted by Gasteiger charge is 2.19. The second-order valence-corrected chi connectivity index (χ2v) is 21.7. The maximum Gasteiger partial charge on any atom is 0.306 e. The number of carbonyl (C=O) groups excluding carboxylic acids is 3. The molecule has 398 valence electrons. The molecule has 0 aromatic rings. The molecular formula is C61H118O6. The number of esters is 3. The molecule has 0 spiro atoms. The van der Waals surface area contributed by atoms with Crippen LogP contribution in [0.1, 0.15) is 343 Å². The van der Waals surface area contributed by atoms with Gasteiger partial charge in [-0.3, -0.25) is 14.4 Å². The van der Waals surface area contributed by atoms with Crippen LogP contribution in [-0.2, 0) is 28.6 Å². The minimum absolute atomic E-state index is 0.0624. The van der Waals surface area contributed by atoms with E-state index in [1.165, 1.54) is 231 Å². The van der Waals surface area contributed by atoms with Crippen molar-refractivity contribution in [3.63, 3.8) is 0 Å².